The molecule has 0 N–H and O–H groups in total. The van der Waals surface area contributed by atoms with E-state index in [1.807, 2.05) is 6.07 Å². The lowest BCUT2D eigenvalue weighted by Gasteiger charge is -2.36. The van der Waals surface area contributed by atoms with E-state index in [0.29, 0.717) is 5.89 Å². The second kappa shape index (κ2) is 6.23. The zero-order chi connectivity index (χ0) is 16.4. The summed E-state index contributed by atoms with van der Waals surface area (Å²) in [4.78, 5) is 17.8. The van der Waals surface area contributed by atoms with E-state index in [-0.39, 0.29) is 11.5 Å². The molecule has 0 aromatic carbocycles. The summed E-state index contributed by atoms with van der Waals surface area (Å²) in [5, 5.41) is 4.12. The minimum atomic E-state index is -0.0924. The average Bonchev–Trinajstić information content (AvgIpc) is 3.05. The Bertz CT molecular complexity index is 628. The van der Waals surface area contributed by atoms with Crippen molar-refractivity contribution in [3.63, 3.8) is 0 Å². The van der Waals surface area contributed by atoms with E-state index in [1.165, 1.54) is 0 Å². The van der Waals surface area contributed by atoms with Crippen molar-refractivity contribution in [1.29, 1.82) is 0 Å². The van der Waals surface area contributed by atoms with E-state index in [0.717, 1.165) is 38.0 Å². The monoisotopic (exact) mass is 316 g/mol. The highest BCUT2D eigenvalue weighted by Gasteiger charge is 2.28. The third-order valence-corrected chi connectivity index (χ3v) is 4.17. The van der Waals surface area contributed by atoms with E-state index >= 15 is 0 Å². The molecule has 0 unspecified atom stereocenters. The van der Waals surface area contributed by atoms with Crippen molar-refractivity contribution in [2.45, 2.75) is 39.2 Å². The third kappa shape index (κ3) is 3.50. The van der Waals surface area contributed by atoms with Gasteiger partial charge in [-0.1, -0.05) is 25.9 Å². The first-order chi connectivity index (χ1) is 10.9. The summed E-state index contributed by atoms with van der Waals surface area (Å²) < 4.78 is 5.48. The van der Waals surface area contributed by atoms with Crippen molar-refractivity contribution in [1.82, 2.24) is 25.0 Å². The number of nitrogens with zero attached hydrogens (tertiary/aromatic N) is 6. The summed E-state index contributed by atoms with van der Waals surface area (Å²) >= 11 is 0. The highest BCUT2D eigenvalue weighted by Crippen LogP contribution is 2.24. The van der Waals surface area contributed by atoms with Crippen molar-refractivity contribution in [2.24, 2.45) is 0 Å². The molecule has 0 spiro atoms. The Morgan fingerprint density at radius 2 is 1.74 bits per heavy atom. The fourth-order valence-electron chi connectivity index (χ4n) is 2.63. The predicted molar refractivity (Wildman–Crippen MR) is 87.2 cm³/mol. The molecule has 1 aliphatic heterocycles. The summed E-state index contributed by atoms with van der Waals surface area (Å²) in [7, 11) is 0. The molecule has 1 atom stereocenters. The smallest absolute Gasteiger partial charge is 0.243 e. The van der Waals surface area contributed by atoms with Crippen LogP contribution in [-0.2, 0) is 5.41 Å². The second-order valence-electron chi connectivity index (χ2n) is 6.95. The van der Waals surface area contributed by atoms with Crippen LogP contribution in [-0.4, -0.2) is 51.2 Å². The molecule has 2 aromatic rings. The summed E-state index contributed by atoms with van der Waals surface area (Å²) in [6.07, 6.45) is 3.56. The van der Waals surface area contributed by atoms with E-state index in [2.05, 4.69) is 57.6 Å². The van der Waals surface area contributed by atoms with Crippen LogP contribution in [0.5, 0.6) is 0 Å². The van der Waals surface area contributed by atoms with Crippen molar-refractivity contribution < 1.29 is 4.52 Å². The molecule has 2 aromatic heterocycles. The molecule has 1 aliphatic rings. The van der Waals surface area contributed by atoms with Crippen molar-refractivity contribution in [3.05, 3.63) is 30.2 Å². The SMILES string of the molecule is C[C@H](c1nc(C(C)(C)C)no1)N1CCN(c2ncccn2)CC1. The number of rotatable bonds is 3. The molecule has 0 bridgehead atoms. The van der Waals surface area contributed by atoms with Gasteiger partial charge >= 0.3 is 0 Å². The molecular formula is C16H24N6O. The van der Waals surface area contributed by atoms with Crippen LogP contribution < -0.4 is 4.90 Å². The summed E-state index contributed by atoms with van der Waals surface area (Å²) in [5.41, 5.74) is -0.0924. The Labute approximate surface area is 136 Å². The molecule has 1 saturated heterocycles. The first kappa shape index (κ1) is 15.9. The van der Waals surface area contributed by atoms with Gasteiger partial charge in [-0.05, 0) is 13.0 Å². The van der Waals surface area contributed by atoms with Crippen LogP contribution in [0.1, 0.15) is 45.5 Å². The first-order valence-electron chi connectivity index (χ1n) is 8.05. The molecule has 23 heavy (non-hydrogen) atoms. The van der Waals surface area contributed by atoms with Crippen LogP contribution in [0, 0.1) is 0 Å². The normalized spacial score (nSPS) is 18.2. The van der Waals surface area contributed by atoms with E-state index in [9.17, 15) is 0 Å². The number of aromatic nitrogens is 4. The van der Waals surface area contributed by atoms with Gasteiger partial charge in [0.05, 0.1) is 6.04 Å². The number of hydrogen-bond donors (Lipinski definition) is 0. The van der Waals surface area contributed by atoms with E-state index in [1.54, 1.807) is 12.4 Å². The lowest BCUT2D eigenvalue weighted by molar-refractivity contribution is 0.163. The van der Waals surface area contributed by atoms with Crippen LogP contribution in [0.3, 0.4) is 0 Å². The molecule has 0 amide bonds. The Morgan fingerprint density at radius 1 is 1.09 bits per heavy atom. The molecule has 7 nitrogen and oxygen atoms in total. The highest BCUT2D eigenvalue weighted by atomic mass is 16.5. The Morgan fingerprint density at radius 3 is 2.30 bits per heavy atom. The second-order valence-corrected chi connectivity index (χ2v) is 6.95. The standard InChI is InChI=1S/C16H24N6O/c1-12(13-19-14(20-23-13)16(2,3)4)21-8-10-22(11-9-21)15-17-6-5-7-18-15/h5-7,12H,8-11H2,1-4H3/t12-/m1/s1. The van der Waals surface area contributed by atoms with Gasteiger partial charge in [0.2, 0.25) is 11.8 Å². The zero-order valence-electron chi connectivity index (χ0n) is 14.2. The summed E-state index contributed by atoms with van der Waals surface area (Å²) in [6.45, 7) is 12.0. The molecule has 0 radical (unpaired) electrons. The molecule has 0 aliphatic carbocycles. The van der Waals surface area contributed by atoms with Gasteiger partial charge in [0.1, 0.15) is 0 Å². The van der Waals surface area contributed by atoms with Gasteiger partial charge in [-0.15, -0.1) is 0 Å². The average molecular weight is 316 g/mol. The fourth-order valence-corrected chi connectivity index (χ4v) is 2.63. The summed E-state index contributed by atoms with van der Waals surface area (Å²) in [6, 6.07) is 1.96. The van der Waals surface area contributed by atoms with Gasteiger partial charge in [-0.2, -0.15) is 4.98 Å². The fraction of sp³-hybridized carbons (Fsp3) is 0.625. The van der Waals surface area contributed by atoms with Gasteiger partial charge in [-0.25, -0.2) is 9.97 Å². The molecular weight excluding hydrogens is 292 g/mol. The topological polar surface area (TPSA) is 71.2 Å². The van der Waals surface area contributed by atoms with Gasteiger partial charge in [0, 0.05) is 44.0 Å². The van der Waals surface area contributed by atoms with Crippen molar-refractivity contribution >= 4 is 5.95 Å². The van der Waals surface area contributed by atoms with Crippen molar-refractivity contribution in [2.75, 3.05) is 31.1 Å². The van der Waals surface area contributed by atoms with Gasteiger partial charge in [0.15, 0.2) is 5.82 Å². The lowest BCUT2D eigenvalue weighted by Crippen LogP contribution is -2.47. The molecule has 3 rings (SSSR count). The van der Waals surface area contributed by atoms with Gasteiger partial charge < -0.3 is 9.42 Å². The highest BCUT2D eigenvalue weighted by molar-refractivity contribution is 5.29. The Kier molecular flexibility index (Phi) is 4.30. The van der Waals surface area contributed by atoms with Gasteiger partial charge in [0.25, 0.3) is 0 Å². The number of anilines is 1. The molecule has 124 valence electrons. The van der Waals surface area contributed by atoms with Crippen LogP contribution in [0.4, 0.5) is 5.95 Å². The van der Waals surface area contributed by atoms with Crippen molar-refractivity contribution in [3.8, 4) is 0 Å². The van der Waals surface area contributed by atoms with Crippen LogP contribution >= 0.6 is 0 Å². The van der Waals surface area contributed by atoms with E-state index in [4.69, 9.17) is 4.52 Å². The van der Waals surface area contributed by atoms with E-state index < -0.39 is 0 Å². The predicted octanol–water partition coefficient (Wildman–Crippen LogP) is 2.04. The lowest BCUT2D eigenvalue weighted by atomic mass is 9.96. The van der Waals surface area contributed by atoms with Crippen LogP contribution in [0.2, 0.25) is 0 Å². The summed E-state index contributed by atoms with van der Waals surface area (Å²) in [5.74, 6) is 2.25. The van der Waals surface area contributed by atoms with Gasteiger partial charge in [-0.3, -0.25) is 4.90 Å². The van der Waals surface area contributed by atoms with Crippen LogP contribution in [0.25, 0.3) is 0 Å². The van der Waals surface area contributed by atoms with Crippen LogP contribution in [0.15, 0.2) is 23.0 Å². The number of piperazine rings is 1. The Balaban J connectivity index is 1.62. The molecule has 7 heteroatoms. The quantitative estimate of drug-likeness (QED) is 0.858. The third-order valence-electron chi connectivity index (χ3n) is 4.17. The maximum atomic E-state index is 5.48. The minimum absolute atomic E-state index is 0.0924. The Hall–Kier alpha value is -2.02. The maximum Gasteiger partial charge on any atom is 0.243 e. The molecule has 3 heterocycles. The first-order valence-corrected chi connectivity index (χ1v) is 8.05. The maximum absolute atomic E-state index is 5.48. The zero-order valence-corrected chi connectivity index (χ0v) is 14.2. The molecule has 0 saturated carbocycles. The minimum Gasteiger partial charge on any atom is -0.338 e. The largest absolute Gasteiger partial charge is 0.338 e. The molecule has 1 fully saturated rings. The number of hydrogen-bond acceptors (Lipinski definition) is 7.